The van der Waals surface area contributed by atoms with Gasteiger partial charge < -0.3 is 5.32 Å². The quantitative estimate of drug-likeness (QED) is 0.147. The van der Waals surface area contributed by atoms with E-state index >= 15 is 0 Å². The minimum absolute atomic E-state index is 0.0565. The average molecular weight is 774 g/mol. The number of carbonyl (C=O) groups is 3. The number of hydrogen-bond donors (Lipinski definition) is 2. The van der Waals surface area contributed by atoms with Gasteiger partial charge in [-0.3, -0.25) is 0 Å². The topological polar surface area (TPSA) is 130 Å². The normalized spacial score (nSPS) is 12.6. The Balaban J connectivity index is 1.48. The van der Waals surface area contributed by atoms with Gasteiger partial charge in [0.05, 0.1) is 0 Å². The maximum atomic E-state index is 13.9. The molecule has 0 saturated carbocycles. The first-order chi connectivity index (χ1) is 20.9. The standard InChI is InChI=1S/C32H34N7O3.Po/c1-4-6-8-28(40)34-16-17-39-31(41)24-13-14-27(33-15-7-5-2)25-18-23(19-26(29(24)25)32(39)42)21-9-11-22(12-10-21)30-37-35-20(3)36-38-30;/h9-14,18-19,33H,1,4-8,15-17H2,2-3H3,(H,34,40);. The molecule has 3 amide bonds. The molecule has 10 nitrogen and oxygen atoms in total. The van der Waals surface area contributed by atoms with Crippen molar-refractivity contribution in [2.24, 2.45) is 0 Å². The van der Waals surface area contributed by atoms with E-state index in [1.807, 2.05) is 42.5 Å². The summed E-state index contributed by atoms with van der Waals surface area (Å²) in [5, 5.41) is 24.1. The molecule has 4 aromatic rings. The van der Waals surface area contributed by atoms with Crippen molar-refractivity contribution in [1.82, 2.24) is 30.6 Å². The molecule has 0 fully saturated rings. The number of nitrogens with zero attached hydrogens (tertiary/aromatic N) is 5. The third-order valence-corrected chi connectivity index (χ3v) is 8.54. The predicted octanol–water partition coefficient (Wildman–Crippen LogP) is 4.74. The zero-order chi connectivity index (χ0) is 30.3. The third kappa shape index (κ3) is 6.88. The van der Waals surface area contributed by atoms with Crippen molar-refractivity contribution < 1.29 is 14.4 Å². The van der Waals surface area contributed by atoms with E-state index in [0.29, 0.717) is 34.6 Å². The maximum absolute atomic E-state index is 13.9. The molecular weight excluding hydrogens is 739 g/mol. The summed E-state index contributed by atoms with van der Waals surface area (Å²) in [5.41, 5.74) is 4.36. The molecule has 0 atom stereocenters. The fourth-order valence-electron chi connectivity index (χ4n) is 5.13. The van der Waals surface area contributed by atoms with Gasteiger partial charge in [-0.2, -0.15) is 0 Å². The summed E-state index contributed by atoms with van der Waals surface area (Å²) in [7, 11) is 0. The number of hydrogen-bond acceptors (Lipinski definition) is 8. The fraction of sp³-hybridized carbons (Fsp3) is 0.344. The molecule has 0 spiro atoms. The van der Waals surface area contributed by atoms with E-state index in [9.17, 15) is 14.4 Å². The van der Waals surface area contributed by atoms with Gasteiger partial charge in [0.1, 0.15) is 0 Å². The number of unbranched alkanes of at least 4 members (excludes halogenated alkanes) is 2. The van der Waals surface area contributed by atoms with E-state index in [2.05, 4.69) is 38.0 Å². The number of rotatable bonds is 13. The number of carbonyl (C=O) groups excluding carboxylic acids is 3. The molecule has 0 unspecified atom stereocenters. The van der Waals surface area contributed by atoms with Crippen LogP contribution in [-0.2, 0) is 4.79 Å². The SMILES string of the molecule is CCCCNc1ccc2c3c(cc(-c4ccc(-c5nnc(C)nn5)cc4)cc13)C(=O)N(CCNC(=O)CCC[CH2][Po])C2=O. The van der Waals surface area contributed by atoms with Crippen molar-refractivity contribution in [1.29, 1.82) is 0 Å². The van der Waals surface area contributed by atoms with Gasteiger partial charge in [0, 0.05) is 23.2 Å². The fourth-order valence-corrected chi connectivity index (χ4v) is 5.92. The monoisotopic (exact) mass is 773 g/mol. The Hall–Kier alpha value is -3.83. The molecule has 1 aliphatic heterocycles. The summed E-state index contributed by atoms with van der Waals surface area (Å²) in [6.45, 7) is 4.97. The number of aromatic nitrogens is 4. The molecular formula is C32H34N7O3Po. The van der Waals surface area contributed by atoms with Crippen molar-refractivity contribution in [3.8, 4) is 22.5 Å². The molecule has 0 saturated heterocycles. The van der Waals surface area contributed by atoms with Gasteiger partial charge in [-0.1, -0.05) is 37.6 Å². The van der Waals surface area contributed by atoms with Crippen molar-refractivity contribution in [2.45, 2.75) is 50.0 Å². The molecule has 2 N–H and O–H groups in total. The molecule has 5 rings (SSSR count). The molecule has 1 aromatic heterocycles. The van der Waals surface area contributed by atoms with Crippen LogP contribution in [-0.4, -0.2) is 87.7 Å². The van der Waals surface area contributed by atoms with Crippen LogP contribution in [0.5, 0.6) is 0 Å². The van der Waals surface area contributed by atoms with E-state index < -0.39 is 0 Å². The van der Waals surface area contributed by atoms with Gasteiger partial charge in [-0.25, -0.2) is 0 Å². The third-order valence-electron chi connectivity index (χ3n) is 7.42. The molecule has 1 aliphatic rings. The van der Waals surface area contributed by atoms with E-state index in [0.717, 1.165) is 64.1 Å². The first kappa shape index (κ1) is 30.6. The number of amides is 3. The first-order valence-corrected chi connectivity index (χ1v) is 16.9. The van der Waals surface area contributed by atoms with Crippen LogP contribution < -0.4 is 10.6 Å². The second-order valence-electron chi connectivity index (χ2n) is 10.5. The van der Waals surface area contributed by atoms with Crippen LogP contribution in [0.15, 0.2) is 48.5 Å². The summed E-state index contributed by atoms with van der Waals surface area (Å²) in [6.07, 6.45) is 4.37. The van der Waals surface area contributed by atoms with Crippen LogP contribution in [0, 0.1) is 6.92 Å². The molecule has 2 heterocycles. The Morgan fingerprint density at radius 1 is 0.837 bits per heavy atom. The number of imide groups is 1. The zero-order valence-electron chi connectivity index (χ0n) is 24.4. The Bertz CT molecular complexity index is 1640. The van der Waals surface area contributed by atoms with Crippen LogP contribution >= 0.6 is 0 Å². The van der Waals surface area contributed by atoms with E-state index in [1.54, 1.807) is 13.0 Å². The number of anilines is 1. The van der Waals surface area contributed by atoms with Crippen LogP contribution in [0.4, 0.5) is 5.69 Å². The average Bonchev–Trinajstić information content (AvgIpc) is 3.02. The van der Waals surface area contributed by atoms with Crippen LogP contribution in [0.25, 0.3) is 33.3 Å². The summed E-state index contributed by atoms with van der Waals surface area (Å²) in [6, 6.07) is 15.3. The Morgan fingerprint density at radius 2 is 1.56 bits per heavy atom. The van der Waals surface area contributed by atoms with Crippen LogP contribution in [0.3, 0.4) is 0 Å². The number of aryl methyl sites for hydroxylation is 1. The van der Waals surface area contributed by atoms with Crippen LogP contribution in [0.2, 0.25) is 4.08 Å². The van der Waals surface area contributed by atoms with Gasteiger partial charge in [-0.05, 0) is 36.6 Å². The van der Waals surface area contributed by atoms with E-state index in [1.165, 1.54) is 30.0 Å². The van der Waals surface area contributed by atoms with E-state index in [-0.39, 0.29) is 30.8 Å². The van der Waals surface area contributed by atoms with Gasteiger partial charge >= 0.3 is 132 Å². The second-order valence-corrected chi connectivity index (χ2v) is 12.1. The van der Waals surface area contributed by atoms with Gasteiger partial charge in [0.25, 0.3) is 0 Å². The Kier molecular flexibility index (Phi) is 10.0. The molecule has 1 radical (unpaired) electrons. The van der Waals surface area contributed by atoms with Crippen LogP contribution in [0.1, 0.15) is 65.6 Å². The summed E-state index contributed by atoms with van der Waals surface area (Å²) >= 11 is 1.52. The molecule has 11 heteroatoms. The minimum atomic E-state index is -0.361. The number of benzene rings is 3. The van der Waals surface area contributed by atoms with E-state index in [4.69, 9.17) is 0 Å². The van der Waals surface area contributed by atoms with Crippen molar-refractivity contribution >= 4 is 59.2 Å². The number of nitrogens with one attached hydrogen (secondary N) is 2. The van der Waals surface area contributed by atoms with Gasteiger partial charge in [-0.15, -0.1) is 20.4 Å². The molecule has 0 aliphatic carbocycles. The molecule has 221 valence electrons. The summed E-state index contributed by atoms with van der Waals surface area (Å²) in [5.74, 6) is 0.170. The second kappa shape index (κ2) is 14.1. The van der Waals surface area contributed by atoms with Crippen molar-refractivity contribution in [3.63, 3.8) is 0 Å². The van der Waals surface area contributed by atoms with Gasteiger partial charge in [0.2, 0.25) is 5.82 Å². The van der Waals surface area contributed by atoms with Gasteiger partial charge in [0.15, 0.2) is 5.82 Å². The summed E-state index contributed by atoms with van der Waals surface area (Å²) < 4.78 is 1.12. The summed E-state index contributed by atoms with van der Waals surface area (Å²) in [4.78, 5) is 40.9. The molecule has 3 aromatic carbocycles. The van der Waals surface area contributed by atoms with Crippen molar-refractivity contribution in [3.05, 3.63) is 65.5 Å². The zero-order valence-corrected chi connectivity index (χ0v) is 27.5. The Labute approximate surface area is 266 Å². The predicted molar refractivity (Wildman–Crippen MR) is 167 cm³/mol. The van der Waals surface area contributed by atoms with Crippen molar-refractivity contribution in [2.75, 3.05) is 25.0 Å². The Morgan fingerprint density at radius 3 is 2.28 bits per heavy atom. The first-order valence-electron chi connectivity index (χ1n) is 14.6. The molecule has 43 heavy (non-hydrogen) atoms. The molecule has 0 bridgehead atoms.